The molecule has 0 radical (unpaired) electrons. The third-order valence-corrected chi connectivity index (χ3v) is 2.39. The van der Waals surface area contributed by atoms with Gasteiger partial charge in [-0.3, -0.25) is 0 Å². The molecule has 54 valence electrons. The van der Waals surface area contributed by atoms with Gasteiger partial charge in [0.1, 0.15) is 0 Å². The van der Waals surface area contributed by atoms with Crippen LogP contribution in [0.25, 0.3) is 0 Å². The monoisotopic (exact) mass is 128 g/mol. The van der Waals surface area contributed by atoms with Gasteiger partial charge in [0.2, 0.25) is 0 Å². The number of rotatable bonds is 2. The van der Waals surface area contributed by atoms with Gasteiger partial charge < -0.3 is 10.6 Å². The summed E-state index contributed by atoms with van der Waals surface area (Å²) < 4.78 is 0. The molecule has 0 aromatic heterocycles. The standard InChI is InChI=1S/C7H16N2/c1-3-7(4-8)5-9(2)6-7/h3-6,8H2,1-2H3. The summed E-state index contributed by atoms with van der Waals surface area (Å²) in [5.41, 5.74) is 6.10. The number of likely N-dealkylation sites (tertiary alicyclic amines) is 1. The molecule has 0 aliphatic carbocycles. The molecular weight excluding hydrogens is 112 g/mol. The molecule has 2 N–H and O–H groups in total. The van der Waals surface area contributed by atoms with Gasteiger partial charge in [0.05, 0.1) is 0 Å². The van der Waals surface area contributed by atoms with Gasteiger partial charge >= 0.3 is 0 Å². The normalized spacial score (nSPS) is 25.7. The lowest BCUT2D eigenvalue weighted by Gasteiger charge is -2.47. The van der Waals surface area contributed by atoms with Gasteiger partial charge in [-0.15, -0.1) is 0 Å². The highest BCUT2D eigenvalue weighted by Gasteiger charge is 2.37. The minimum Gasteiger partial charge on any atom is -0.330 e. The largest absolute Gasteiger partial charge is 0.330 e. The van der Waals surface area contributed by atoms with E-state index in [9.17, 15) is 0 Å². The van der Waals surface area contributed by atoms with Crippen molar-refractivity contribution in [2.75, 3.05) is 26.7 Å². The van der Waals surface area contributed by atoms with E-state index in [1.165, 1.54) is 19.5 Å². The zero-order valence-corrected chi connectivity index (χ0v) is 6.35. The van der Waals surface area contributed by atoms with Crippen LogP contribution in [0.15, 0.2) is 0 Å². The van der Waals surface area contributed by atoms with E-state index in [0.717, 1.165) is 6.54 Å². The third kappa shape index (κ3) is 1.10. The first-order valence-electron chi connectivity index (χ1n) is 3.61. The van der Waals surface area contributed by atoms with Gasteiger partial charge in [0.25, 0.3) is 0 Å². The maximum atomic E-state index is 5.61. The molecule has 0 spiro atoms. The van der Waals surface area contributed by atoms with E-state index < -0.39 is 0 Å². The van der Waals surface area contributed by atoms with Crippen molar-refractivity contribution in [2.45, 2.75) is 13.3 Å². The van der Waals surface area contributed by atoms with Crippen LogP contribution in [0.1, 0.15) is 13.3 Å². The maximum Gasteiger partial charge on any atom is 0.00772 e. The predicted octanol–water partition coefficient (Wildman–Crippen LogP) is 0.287. The molecule has 2 nitrogen and oxygen atoms in total. The highest BCUT2D eigenvalue weighted by molar-refractivity contribution is 4.92. The average Bonchev–Trinajstić information content (AvgIpc) is 1.81. The Morgan fingerprint density at radius 1 is 1.56 bits per heavy atom. The summed E-state index contributed by atoms with van der Waals surface area (Å²) >= 11 is 0. The molecule has 2 heteroatoms. The molecule has 1 aliphatic heterocycles. The van der Waals surface area contributed by atoms with Crippen molar-refractivity contribution < 1.29 is 0 Å². The summed E-state index contributed by atoms with van der Waals surface area (Å²) in [7, 11) is 2.14. The molecule has 1 rings (SSSR count). The van der Waals surface area contributed by atoms with E-state index in [0.29, 0.717) is 5.41 Å². The van der Waals surface area contributed by atoms with Crippen molar-refractivity contribution in [3.05, 3.63) is 0 Å². The van der Waals surface area contributed by atoms with Crippen molar-refractivity contribution in [1.82, 2.24) is 4.90 Å². The fraction of sp³-hybridized carbons (Fsp3) is 1.00. The highest BCUT2D eigenvalue weighted by Crippen LogP contribution is 2.30. The average molecular weight is 128 g/mol. The van der Waals surface area contributed by atoms with E-state index in [2.05, 4.69) is 18.9 Å². The molecule has 0 aromatic rings. The third-order valence-electron chi connectivity index (χ3n) is 2.39. The topological polar surface area (TPSA) is 29.3 Å². The Labute approximate surface area is 57.0 Å². The molecule has 1 aliphatic rings. The quantitative estimate of drug-likeness (QED) is 0.579. The second-order valence-corrected chi connectivity index (χ2v) is 3.23. The van der Waals surface area contributed by atoms with E-state index in [4.69, 9.17) is 5.73 Å². The second-order valence-electron chi connectivity index (χ2n) is 3.23. The van der Waals surface area contributed by atoms with Crippen LogP contribution in [0.2, 0.25) is 0 Å². The SMILES string of the molecule is CCC1(CN)CN(C)C1. The van der Waals surface area contributed by atoms with Crippen molar-refractivity contribution in [3.63, 3.8) is 0 Å². The predicted molar refractivity (Wildman–Crippen MR) is 39.3 cm³/mol. The Morgan fingerprint density at radius 3 is 2.22 bits per heavy atom. The Hall–Kier alpha value is -0.0800. The van der Waals surface area contributed by atoms with Crippen molar-refractivity contribution >= 4 is 0 Å². The molecule has 1 saturated heterocycles. The summed E-state index contributed by atoms with van der Waals surface area (Å²) in [6.45, 7) is 5.47. The van der Waals surface area contributed by atoms with Gasteiger partial charge in [-0.1, -0.05) is 6.92 Å². The second kappa shape index (κ2) is 2.27. The molecule has 0 saturated carbocycles. The summed E-state index contributed by atoms with van der Waals surface area (Å²) in [4.78, 5) is 2.32. The molecular formula is C7H16N2. The lowest BCUT2D eigenvalue weighted by atomic mass is 9.78. The summed E-state index contributed by atoms with van der Waals surface area (Å²) in [5.74, 6) is 0. The molecule has 1 fully saturated rings. The zero-order chi connectivity index (χ0) is 6.91. The lowest BCUT2D eigenvalue weighted by molar-refractivity contribution is 0.0269. The molecule has 0 bridgehead atoms. The minimum absolute atomic E-state index is 0.481. The van der Waals surface area contributed by atoms with Gasteiger partial charge in [-0.2, -0.15) is 0 Å². The Bertz CT molecular complexity index is 89.1. The number of hydrogen-bond acceptors (Lipinski definition) is 2. The van der Waals surface area contributed by atoms with Gasteiger partial charge in [0, 0.05) is 25.0 Å². The Balaban J connectivity index is 2.36. The molecule has 0 unspecified atom stereocenters. The molecule has 9 heavy (non-hydrogen) atoms. The van der Waals surface area contributed by atoms with Crippen molar-refractivity contribution in [2.24, 2.45) is 11.1 Å². The summed E-state index contributed by atoms with van der Waals surface area (Å²) in [5, 5.41) is 0. The fourth-order valence-corrected chi connectivity index (χ4v) is 1.60. The molecule has 1 heterocycles. The molecule has 0 atom stereocenters. The van der Waals surface area contributed by atoms with Crippen LogP contribution < -0.4 is 5.73 Å². The summed E-state index contributed by atoms with van der Waals surface area (Å²) in [6.07, 6.45) is 1.23. The summed E-state index contributed by atoms with van der Waals surface area (Å²) in [6, 6.07) is 0. The van der Waals surface area contributed by atoms with Crippen LogP contribution in [0.4, 0.5) is 0 Å². The van der Waals surface area contributed by atoms with E-state index in [1.807, 2.05) is 0 Å². The van der Waals surface area contributed by atoms with Crippen LogP contribution in [-0.4, -0.2) is 31.6 Å². The van der Waals surface area contributed by atoms with E-state index in [-0.39, 0.29) is 0 Å². The van der Waals surface area contributed by atoms with Crippen LogP contribution in [0.5, 0.6) is 0 Å². The first-order valence-corrected chi connectivity index (χ1v) is 3.61. The van der Waals surface area contributed by atoms with Crippen molar-refractivity contribution in [3.8, 4) is 0 Å². The first kappa shape index (κ1) is 7.03. The van der Waals surface area contributed by atoms with E-state index >= 15 is 0 Å². The number of nitrogens with two attached hydrogens (primary N) is 1. The maximum absolute atomic E-state index is 5.61. The smallest absolute Gasteiger partial charge is 0.00772 e. The Morgan fingerprint density at radius 2 is 2.11 bits per heavy atom. The van der Waals surface area contributed by atoms with Crippen LogP contribution in [0, 0.1) is 5.41 Å². The van der Waals surface area contributed by atoms with Gasteiger partial charge in [0.15, 0.2) is 0 Å². The first-order chi connectivity index (χ1) is 4.22. The Kier molecular flexibility index (Phi) is 1.78. The van der Waals surface area contributed by atoms with Gasteiger partial charge in [-0.25, -0.2) is 0 Å². The zero-order valence-electron chi connectivity index (χ0n) is 6.35. The van der Waals surface area contributed by atoms with Gasteiger partial charge in [-0.05, 0) is 13.5 Å². The highest BCUT2D eigenvalue weighted by atomic mass is 15.2. The fourth-order valence-electron chi connectivity index (χ4n) is 1.60. The molecule has 0 amide bonds. The number of hydrogen-bond donors (Lipinski definition) is 1. The van der Waals surface area contributed by atoms with Crippen molar-refractivity contribution in [1.29, 1.82) is 0 Å². The van der Waals surface area contributed by atoms with E-state index in [1.54, 1.807) is 0 Å². The van der Waals surface area contributed by atoms with Crippen LogP contribution in [0.3, 0.4) is 0 Å². The lowest BCUT2D eigenvalue weighted by Crippen LogP contribution is -2.57. The molecule has 0 aromatic carbocycles. The van der Waals surface area contributed by atoms with Crippen LogP contribution in [-0.2, 0) is 0 Å². The van der Waals surface area contributed by atoms with Crippen LogP contribution >= 0.6 is 0 Å². The number of nitrogens with zero attached hydrogens (tertiary/aromatic N) is 1. The minimum atomic E-state index is 0.481.